The zero-order valence-corrected chi connectivity index (χ0v) is 12.5. The van der Waals surface area contributed by atoms with Crippen LogP contribution in [0.25, 0.3) is 0 Å². The molecule has 1 aliphatic carbocycles. The highest BCUT2D eigenvalue weighted by Crippen LogP contribution is 2.43. The predicted octanol–water partition coefficient (Wildman–Crippen LogP) is 3.69. The molecule has 0 aromatic heterocycles. The standard InChI is InChI=1S/C16H25NO2/c1-10(2)16(4)8-13(18)15(14(19)9-16)12-7-11(3)5-6-17-12/h10-11,18H,5-9H2,1-4H3. The van der Waals surface area contributed by atoms with Crippen molar-refractivity contribution in [2.75, 3.05) is 6.54 Å². The third-order valence-electron chi connectivity index (χ3n) is 4.85. The van der Waals surface area contributed by atoms with E-state index in [4.69, 9.17) is 0 Å². The molecule has 0 amide bonds. The highest BCUT2D eigenvalue weighted by Gasteiger charge is 2.40. The number of allylic oxidation sites excluding steroid dienone is 2. The van der Waals surface area contributed by atoms with Crippen molar-refractivity contribution >= 4 is 11.5 Å². The lowest BCUT2D eigenvalue weighted by Gasteiger charge is -2.37. The molecule has 2 atom stereocenters. The number of aliphatic hydroxyl groups excluding tert-OH is 1. The molecular weight excluding hydrogens is 238 g/mol. The average molecular weight is 263 g/mol. The van der Waals surface area contributed by atoms with Gasteiger partial charge < -0.3 is 5.11 Å². The van der Waals surface area contributed by atoms with E-state index in [2.05, 4.69) is 32.7 Å². The van der Waals surface area contributed by atoms with Crippen LogP contribution < -0.4 is 0 Å². The van der Waals surface area contributed by atoms with E-state index in [0.29, 0.717) is 30.3 Å². The van der Waals surface area contributed by atoms with Crippen LogP contribution in [-0.2, 0) is 4.79 Å². The van der Waals surface area contributed by atoms with Crippen LogP contribution in [-0.4, -0.2) is 23.1 Å². The largest absolute Gasteiger partial charge is 0.511 e. The summed E-state index contributed by atoms with van der Waals surface area (Å²) in [5.74, 6) is 1.28. The van der Waals surface area contributed by atoms with E-state index in [1.54, 1.807) is 0 Å². The molecule has 2 unspecified atom stereocenters. The molecule has 2 aliphatic rings. The first kappa shape index (κ1) is 14.3. The molecular formula is C16H25NO2. The van der Waals surface area contributed by atoms with Crippen LogP contribution >= 0.6 is 0 Å². The molecule has 19 heavy (non-hydrogen) atoms. The summed E-state index contributed by atoms with van der Waals surface area (Å²) in [6, 6.07) is 0. The minimum Gasteiger partial charge on any atom is -0.511 e. The second-order valence-electron chi connectivity index (χ2n) is 6.83. The van der Waals surface area contributed by atoms with E-state index in [1.165, 1.54) is 0 Å². The van der Waals surface area contributed by atoms with Crippen molar-refractivity contribution in [3.05, 3.63) is 11.3 Å². The number of ketones is 1. The Morgan fingerprint density at radius 3 is 2.58 bits per heavy atom. The Morgan fingerprint density at radius 1 is 1.37 bits per heavy atom. The van der Waals surface area contributed by atoms with Gasteiger partial charge in [0.15, 0.2) is 5.78 Å². The Labute approximate surface area is 115 Å². The molecule has 0 spiro atoms. The van der Waals surface area contributed by atoms with Crippen LogP contribution in [0.4, 0.5) is 0 Å². The topological polar surface area (TPSA) is 49.7 Å². The maximum atomic E-state index is 12.4. The molecule has 0 bridgehead atoms. The first-order valence-corrected chi connectivity index (χ1v) is 7.32. The number of aliphatic imine (C=N–C) groups is 1. The van der Waals surface area contributed by atoms with E-state index >= 15 is 0 Å². The minimum atomic E-state index is -0.120. The molecule has 2 rings (SSSR count). The summed E-state index contributed by atoms with van der Waals surface area (Å²) in [5.41, 5.74) is 1.25. The summed E-state index contributed by atoms with van der Waals surface area (Å²) < 4.78 is 0. The van der Waals surface area contributed by atoms with E-state index < -0.39 is 0 Å². The predicted molar refractivity (Wildman–Crippen MR) is 77.5 cm³/mol. The molecule has 1 aliphatic heterocycles. The van der Waals surface area contributed by atoms with Gasteiger partial charge in [0, 0.05) is 25.1 Å². The number of hydrogen-bond donors (Lipinski definition) is 1. The SMILES string of the molecule is CC1CCN=C(C2=C(O)CC(C)(C(C)C)CC2=O)C1. The van der Waals surface area contributed by atoms with Gasteiger partial charge in [-0.05, 0) is 30.1 Å². The molecule has 0 saturated carbocycles. The van der Waals surface area contributed by atoms with Gasteiger partial charge in [-0.15, -0.1) is 0 Å². The van der Waals surface area contributed by atoms with Gasteiger partial charge in [0.25, 0.3) is 0 Å². The van der Waals surface area contributed by atoms with Crippen LogP contribution in [0.5, 0.6) is 0 Å². The van der Waals surface area contributed by atoms with Crippen molar-refractivity contribution in [3.8, 4) is 0 Å². The lowest BCUT2D eigenvalue weighted by atomic mass is 9.67. The number of Topliss-reactive ketones (excluding diaryl/α,β-unsaturated/α-hetero) is 1. The number of hydrogen-bond acceptors (Lipinski definition) is 3. The number of aliphatic hydroxyl groups is 1. The van der Waals surface area contributed by atoms with Crippen LogP contribution in [0.2, 0.25) is 0 Å². The van der Waals surface area contributed by atoms with Gasteiger partial charge in [-0.3, -0.25) is 9.79 Å². The van der Waals surface area contributed by atoms with Crippen LogP contribution in [0.1, 0.15) is 53.4 Å². The summed E-state index contributed by atoms with van der Waals surface area (Å²) in [5, 5.41) is 10.3. The summed E-state index contributed by atoms with van der Waals surface area (Å²) in [6.45, 7) is 9.28. The Morgan fingerprint density at radius 2 is 2.05 bits per heavy atom. The van der Waals surface area contributed by atoms with Gasteiger partial charge in [0.1, 0.15) is 5.76 Å². The van der Waals surface area contributed by atoms with Crippen molar-refractivity contribution in [3.63, 3.8) is 0 Å². The van der Waals surface area contributed by atoms with E-state index in [1.807, 2.05) is 0 Å². The van der Waals surface area contributed by atoms with Gasteiger partial charge in [-0.25, -0.2) is 0 Å². The van der Waals surface area contributed by atoms with Crippen molar-refractivity contribution in [2.45, 2.75) is 53.4 Å². The highest BCUT2D eigenvalue weighted by atomic mass is 16.3. The summed E-state index contributed by atoms with van der Waals surface area (Å²) >= 11 is 0. The van der Waals surface area contributed by atoms with Crippen molar-refractivity contribution < 1.29 is 9.90 Å². The maximum Gasteiger partial charge on any atom is 0.168 e. The van der Waals surface area contributed by atoms with E-state index in [9.17, 15) is 9.90 Å². The van der Waals surface area contributed by atoms with E-state index in [-0.39, 0.29) is 17.0 Å². The number of rotatable bonds is 2. The highest BCUT2D eigenvalue weighted by molar-refractivity contribution is 6.23. The fourth-order valence-corrected chi connectivity index (χ4v) is 2.98. The molecule has 0 aromatic carbocycles. The minimum absolute atomic E-state index is 0.0767. The number of carbonyl (C=O) groups is 1. The lowest BCUT2D eigenvalue weighted by Crippen LogP contribution is -2.35. The molecule has 1 heterocycles. The third-order valence-corrected chi connectivity index (χ3v) is 4.85. The molecule has 0 aromatic rings. The number of nitrogens with zero attached hydrogens (tertiary/aromatic N) is 1. The molecule has 0 saturated heterocycles. The summed E-state index contributed by atoms with van der Waals surface area (Å²) in [4.78, 5) is 16.9. The summed E-state index contributed by atoms with van der Waals surface area (Å²) in [7, 11) is 0. The smallest absolute Gasteiger partial charge is 0.168 e. The van der Waals surface area contributed by atoms with Gasteiger partial charge in [0.05, 0.1) is 5.57 Å². The van der Waals surface area contributed by atoms with Crippen LogP contribution in [0.3, 0.4) is 0 Å². The Kier molecular flexibility index (Phi) is 3.84. The summed E-state index contributed by atoms with van der Waals surface area (Å²) in [6.07, 6.45) is 3.02. The van der Waals surface area contributed by atoms with Gasteiger partial charge >= 0.3 is 0 Å². The molecule has 3 heteroatoms. The van der Waals surface area contributed by atoms with Crippen LogP contribution in [0.15, 0.2) is 16.3 Å². The zero-order valence-electron chi connectivity index (χ0n) is 12.5. The first-order chi connectivity index (χ1) is 8.83. The van der Waals surface area contributed by atoms with Gasteiger partial charge in [-0.2, -0.15) is 0 Å². The van der Waals surface area contributed by atoms with Crippen molar-refractivity contribution in [1.29, 1.82) is 0 Å². The second-order valence-corrected chi connectivity index (χ2v) is 6.83. The average Bonchev–Trinajstić information content (AvgIpc) is 2.27. The molecule has 1 N–H and O–H groups in total. The molecule has 0 fully saturated rings. The lowest BCUT2D eigenvalue weighted by molar-refractivity contribution is -0.119. The molecule has 106 valence electrons. The zero-order chi connectivity index (χ0) is 14.2. The van der Waals surface area contributed by atoms with Crippen molar-refractivity contribution in [2.24, 2.45) is 22.2 Å². The fourth-order valence-electron chi connectivity index (χ4n) is 2.98. The molecule has 0 radical (unpaired) electrons. The quantitative estimate of drug-likeness (QED) is 0.826. The van der Waals surface area contributed by atoms with Crippen LogP contribution in [0, 0.1) is 17.3 Å². The maximum absolute atomic E-state index is 12.4. The second kappa shape index (κ2) is 5.10. The Hall–Kier alpha value is -1.12. The fraction of sp³-hybridized carbons (Fsp3) is 0.750. The monoisotopic (exact) mass is 263 g/mol. The Balaban J connectivity index is 2.31. The van der Waals surface area contributed by atoms with Gasteiger partial charge in [0.2, 0.25) is 0 Å². The van der Waals surface area contributed by atoms with Gasteiger partial charge in [-0.1, -0.05) is 27.7 Å². The third kappa shape index (κ3) is 2.75. The molecule has 3 nitrogen and oxygen atoms in total. The Bertz CT molecular complexity index is 448. The normalized spacial score (nSPS) is 32.8. The van der Waals surface area contributed by atoms with Crippen molar-refractivity contribution in [1.82, 2.24) is 0 Å². The van der Waals surface area contributed by atoms with E-state index in [0.717, 1.165) is 25.1 Å². The number of carbonyl (C=O) groups excluding carboxylic acids is 1. The first-order valence-electron chi connectivity index (χ1n) is 7.32.